The number of fused-ring (bicyclic) bond motifs is 1. The van der Waals surface area contributed by atoms with Gasteiger partial charge >= 0.3 is 0 Å². The highest BCUT2D eigenvalue weighted by Crippen LogP contribution is 2.32. The molecule has 22 heavy (non-hydrogen) atoms. The minimum atomic E-state index is -0.669. The number of nitrogen functional groups attached to an aromatic ring is 1. The third-order valence-electron chi connectivity index (χ3n) is 3.03. The van der Waals surface area contributed by atoms with E-state index in [1.807, 2.05) is 12.1 Å². The molecule has 2 aromatic heterocycles. The zero-order chi connectivity index (χ0) is 15.5. The number of hydrogen-bond donors (Lipinski definition) is 2. The molecule has 2 heterocycles. The SMILES string of the molecule is Nc1ccc(-c2nc3ccc(SCCCO)cc3s2)nc1F. The van der Waals surface area contributed by atoms with Crippen molar-refractivity contribution in [3.8, 4) is 10.7 Å². The Morgan fingerprint density at radius 3 is 2.86 bits per heavy atom. The number of aliphatic hydroxyl groups excluding tert-OH is 1. The zero-order valence-electron chi connectivity index (χ0n) is 11.6. The largest absolute Gasteiger partial charge is 0.396 e. The molecule has 3 rings (SSSR count). The van der Waals surface area contributed by atoms with E-state index in [1.54, 1.807) is 17.8 Å². The van der Waals surface area contributed by atoms with Crippen molar-refractivity contribution in [3.05, 3.63) is 36.3 Å². The maximum absolute atomic E-state index is 13.5. The van der Waals surface area contributed by atoms with Crippen molar-refractivity contribution in [3.63, 3.8) is 0 Å². The normalized spacial score (nSPS) is 11.2. The van der Waals surface area contributed by atoms with Crippen LogP contribution in [0.25, 0.3) is 20.9 Å². The first kappa shape index (κ1) is 15.2. The molecule has 0 atom stereocenters. The van der Waals surface area contributed by atoms with Crippen LogP contribution >= 0.6 is 23.1 Å². The van der Waals surface area contributed by atoms with E-state index in [2.05, 4.69) is 16.0 Å². The van der Waals surface area contributed by atoms with E-state index in [9.17, 15) is 4.39 Å². The molecule has 7 heteroatoms. The summed E-state index contributed by atoms with van der Waals surface area (Å²) in [6.07, 6.45) is 0.769. The Morgan fingerprint density at radius 2 is 2.09 bits per heavy atom. The van der Waals surface area contributed by atoms with Gasteiger partial charge < -0.3 is 10.8 Å². The van der Waals surface area contributed by atoms with Gasteiger partial charge in [-0.05, 0) is 36.8 Å². The fourth-order valence-electron chi connectivity index (χ4n) is 1.92. The summed E-state index contributed by atoms with van der Waals surface area (Å²) in [4.78, 5) is 9.47. The first-order chi connectivity index (χ1) is 10.7. The molecule has 0 saturated heterocycles. The Morgan fingerprint density at radius 1 is 1.23 bits per heavy atom. The van der Waals surface area contributed by atoms with Crippen molar-refractivity contribution in [2.75, 3.05) is 18.1 Å². The number of rotatable bonds is 5. The van der Waals surface area contributed by atoms with Gasteiger partial charge in [0, 0.05) is 17.3 Å². The lowest BCUT2D eigenvalue weighted by Crippen LogP contribution is -1.94. The summed E-state index contributed by atoms with van der Waals surface area (Å²) >= 11 is 3.17. The van der Waals surface area contributed by atoms with Gasteiger partial charge in [-0.15, -0.1) is 23.1 Å². The summed E-state index contributed by atoms with van der Waals surface area (Å²) in [7, 11) is 0. The van der Waals surface area contributed by atoms with Crippen LogP contribution in [-0.2, 0) is 0 Å². The number of thioether (sulfide) groups is 1. The molecule has 0 radical (unpaired) electrons. The number of benzene rings is 1. The number of nitrogens with two attached hydrogens (primary N) is 1. The van der Waals surface area contributed by atoms with Crippen molar-refractivity contribution in [1.82, 2.24) is 9.97 Å². The average molecular weight is 335 g/mol. The van der Waals surface area contributed by atoms with Crippen molar-refractivity contribution in [2.45, 2.75) is 11.3 Å². The topological polar surface area (TPSA) is 72.0 Å². The van der Waals surface area contributed by atoms with Gasteiger partial charge in [-0.3, -0.25) is 0 Å². The van der Waals surface area contributed by atoms with Crippen LogP contribution in [0.5, 0.6) is 0 Å². The Bertz CT molecular complexity index is 807. The van der Waals surface area contributed by atoms with E-state index in [0.717, 1.165) is 27.3 Å². The fraction of sp³-hybridized carbons (Fsp3) is 0.200. The minimum Gasteiger partial charge on any atom is -0.396 e. The molecule has 1 aromatic carbocycles. The molecule has 0 spiro atoms. The van der Waals surface area contributed by atoms with Crippen molar-refractivity contribution >= 4 is 39.0 Å². The molecule has 0 aliphatic rings. The van der Waals surface area contributed by atoms with E-state index >= 15 is 0 Å². The lowest BCUT2D eigenvalue weighted by atomic mass is 10.3. The maximum atomic E-state index is 13.5. The highest BCUT2D eigenvalue weighted by atomic mass is 32.2. The molecule has 0 amide bonds. The molecule has 0 fully saturated rings. The monoisotopic (exact) mass is 335 g/mol. The van der Waals surface area contributed by atoms with Crippen molar-refractivity contribution in [2.24, 2.45) is 0 Å². The standard InChI is InChI=1S/C15H14FN3OS2/c16-14-10(17)3-5-12(18-14)15-19-11-4-2-9(8-13(11)22-15)21-7-1-6-20/h2-5,8,20H,1,6-7,17H2. The van der Waals surface area contributed by atoms with Crippen LogP contribution in [0.15, 0.2) is 35.2 Å². The first-order valence-electron chi connectivity index (χ1n) is 6.74. The molecule has 4 nitrogen and oxygen atoms in total. The molecule has 114 valence electrons. The molecule has 3 aromatic rings. The molecular formula is C15H14FN3OS2. The summed E-state index contributed by atoms with van der Waals surface area (Å²) in [5, 5.41) is 9.49. The maximum Gasteiger partial charge on any atom is 0.236 e. The van der Waals surface area contributed by atoms with Crippen LogP contribution in [-0.4, -0.2) is 27.4 Å². The average Bonchev–Trinajstić information content (AvgIpc) is 2.93. The summed E-state index contributed by atoms with van der Waals surface area (Å²) in [5.74, 6) is 0.204. The van der Waals surface area contributed by atoms with E-state index < -0.39 is 5.95 Å². The van der Waals surface area contributed by atoms with Gasteiger partial charge in [-0.2, -0.15) is 4.39 Å². The van der Waals surface area contributed by atoms with E-state index in [-0.39, 0.29) is 12.3 Å². The fourth-order valence-corrected chi connectivity index (χ4v) is 3.85. The van der Waals surface area contributed by atoms with Crippen LogP contribution < -0.4 is 5.73 Å². The van der Waals surface area contributed by atoms with Gasteiger partial charge in [0.25, 0.3) is 0 Å². The second kappa shape index (κ2) is 6.60. The number of anilines is 1. The number of nitrogens with zero attached hydrogens (tertiary/aromatic N) is 2. The van der Waals surface area contributed by atoms with E-state index in [4.69, 9.17) is 10.8 Å². The van der Waals surface area contributed by atoms with Crippen LogP contribution in [0.3, 0.4) is 0 Å². The molecular weight excluding hydrogens is 321 g/mol. The van der Waals surface area contributed by atoms with E-state index in [1.165, 1.54) is 17.4 Å². The van der Waals surface area contributed by atoms with Crippen LogP contribution in [0.4, 0.5) is 10.1 Å². The van der Waals surface area contributed by atoms with Gasteiger partial charge in [-0.25, -0.2) is 9.97 Å². The van der Waals surface area contributed by atoms with Crippen LogP contribution in [0.2, 0.25) is 0 Å². The number of halogens is 1. The smallest absolute Gasteiger partial charge is 0.236 e. The Balaban J connectivity index is 1.90. The minimum absolute atomic E-state index is 0.0347. The lowest BCUT2D eigenvalue weighted by molar-refractivity contribution is 0.296. The van der Waals surface area contributed by atoms with Crippen LogP contribution in [0.1, 0.15) is 6.42 Å². The highest BCUT2D eigenvalue weighted by Gasteiger charge is 2.10. The predicted molar refractivity (Wildman–Crippen MR) is 89.6 cm³/mol. The molecule has 0 bridgehead atoms. The summed E-state index contributed by atoms with van der Waals surface area (Å²) in [6.45, 7) is 0.203. The van der Waals surface area contributed by atoms with Gasteiger partial charge in [0.1, 0.15) is 10.7 Å². The van der Waals surface area contributed by atoms with Gasteiger partial charge in [0.2, 0.25) is 5.95 Å². The van der Waals surface area contributed by atoms with Gasteiger partial charge in [-0.1, -0.05) is 0 Å². The summed E-state index contributed by atoms with van der Waals surface area (Å²) in [6, 6.07) is 9.19. The lowest BCUT2D eigenvalue weighted by Gasteiger charge is -1.99. The zero-order valence-corrected chi connectivity index (χ0v) is 13.3. The van der Waals surface area contributed by atoms with Crippen molar-refractivity contribution < 1.29 is 9.50 Å². The molecule has 0 saturated carbocycles. The summed E-state index contributed by atoms with van der Waals surface area (Å²) < 4.78 is 14.5. The number of thiazole rings is 1. The van der Waals surface area contributed by atoms with Crippen LogP contribution in [0, 0.1) is 5.95 Å². The second-order valence-electron chi connectivity index (χ2n) is 4.65. The summed E-state index contributed by atoms with van der Waals surface area (Å²) in [5.41, 5.74) is 6.83. The molecule has 0 unspecified atom stereocenters. The number of hydrogen-bond acceptors (Lipinski definition) is 6. The first-order valence-corrected chi connectivity index (χ1v) is 8.54. The molecule has 0 aliphatic heterocycles. The van der Waals surface area contributed by atoms with E-state index in [0.29, 0.717) is 10.7 Å². The Kier molecular flexibility index (Phi) is 4.56. The second-order valence-corrected chi connectivity index (χ2v) is 6.85. The number of pyridine rings is 1. The molecule has 0 aliphatic carbocycles. The predicted octanol–water partition coefficient (Wildman–Crippen LogP) is 3.55. The third-order valence-corrected chi connectivity index (χ3v) is 5.15. The number of aromatic nitrogens is 2. The Labute approximate surface area is 135 Å². The van der Waals surface area contributed by atoms with Gasteiger partial charge in [0.15, 0.2) is 0 Å². The Hall–Kier alpha value is -1.70. The van der Waals surface area contributed by atoms with Gasteiger partial charge in [0.05, 0.1) is 15.9 Å². The highest BCUT2D eigenvalue weighted by molar-refractivity contribution is 7.99. The number of aliphatic hydroxyl groups is 1. The third kappa shape index (κ3) is 3.21. The molecule has 3 N–H and O–H groups in total. The van der Waals surface area contributed by atoms with Crippen molar-refractivity contribution in [1.29, 1.82) is 0 Å². The quantitative estimate of drug-likeness (QED) is 0.424.